The first-order valence-electron chi connectivity index (χ1n) is 6.05. The van der Waals surface area contributed by atoms with Gasteiger partial charge >= 0.3 is 6.18 Å². The Kier molecular flexibility index (Phi) is 3.92. The molecule has 0 aliphatic heterocycles. The number of carbonyl (C=O) groups excluding carboxylic acids is 1. The quantitative estimate of drug-likeness (QED) is 0.832. The number of aromatic nitrogens is 2. The molecule has 104 valence electrons. The SMILES string of the molecule is O=C(NCC1=CCCCC1)c1cc(C(F)(F)F)[nH]n1. The Balaban J connectivity index is 1.93. The number of allylic oxidation sites excluding steroid dienone is 1. The van der Waals surface area contributed by atoms with Crippen LogP contribution in [0.25, 0.3) is 0 Å². The number of amides is 1. The van der Waals surface area contributed by atoms with E-state index in [1.807, 2.05) is 5.10 Å². The van der Waals surface area contributed by atoms with Crippen molar-refractivity contribution in [2.75, 3.05) is 6.54 Å². The Morgan fingerprint density at radius 1 is 1.42 bits per heavy atom. The van der Waals surface area contributed by atoms with E-state index in [-0.39, 0.29) is 5.69 Å². The molecule has 0 bridgehead atoms. The summed E-state index contributed by atoms with van der Waals surface area (Å²) in [5, 5.41) is 7.76. The van der Waals surface area contributed by atoms with Crippen molar-refractivity contribution in [3.8, 4) is 0 Å². The van der Waals surface area contributed by atoms with Crippen molar-refractivity contribution in [2.24, 2.45) is 0 Å². The van der Waals surface area contributed by atoms with Gasteiger partial charge in [0.25, 0.3) is 5.91 Å². The van der Waals surface area contributed by atoms with Crippen molar-refractivity contribution < 1.29 is 18.0 Å². The number of hydrogen-bond donors (Lipinski definition) is 2. The number of hydrogen-bond acceptors (Lipinski definition) is 2. The van der Waals surface area contributed by atoms with Crippen LogP contribution in [0.4, 0.5) is 13.2 Å². The maximum atomic E-state index is 12.3. The van der Waals surface area contributed by atoms with E-state index in [1.54, 1.807) is 0 Å². The standard InChI is InChI=1S/C12H14F3N3O/c13-12(14,15)10-6-9(17-18-10)11(19)16-7-8-4-2-1-3-5-8/h4,6H,1-3,5,7H2,(H,16,19)(H,17,18). The topological polar surface area (TPSA) is 57.8 Å². The summed E-state index contributed by atoms with van der Waals surface area (Å²) in [7, 11) is 0. The molecule has 0 unspecified atom stereocenters. The summed E-state index contributed by atoms with van der Waals surface area (Å²) in [6.45, 7) is 0.368. The highest BCUT2D eigenvalue weighted by Gasteiger charge is 2.33. The lowest BCUT2D eigenvalue weighted by atomic mass is 10.00. The lowest BCUT2D eigenvalue weighted by molar-refractivity contribution is -0.141. The van der Waals surface area contributed by atoms with Gasteiger partial charge in [0.05, 0.1) is 0 Å². The van der Waals surface area contributed by atoms with Crippen LogP contribution in [0.15, 0.2) is 17.7 Å². The average molecular weight is 273 g/mol. The third-order valence-corrected chi connectivity index (χ3v) is 2.98. The van der Waals surface area contributed by atoms with Crippen molar-refractivity contribution in [1.29, 1.82) is 0 Å². The summed E-state index contributed by atoms with van der Waals surface area (Å²) >= 11 is 0. The lowest BCUT2D eigenvalue weighted by Crippen LogP contribution is -2.26. The Bertz CT molecular complexity index is 491. The van der Waals surface area contributed by atoms with Crippen LogP contribution in [0, 0.1) is 0 Å². The van der Waals surface area contributed by atoms with E-state index in [9.17, 15) is 18.0 Å². The van der Waals surface area contributed by atoms with Crippen LogP contribution in [0.2, 0.25) is 0 Å². The van der Waals surface area contributed by atoms with Crippen LogP contribution in [0.3, 0.4) is 0 Å². The van der Waals surface area contributed by atoms with Gasteiger partial charge in [-0.2, -0.15) is 18.3 Å². The minimum absolute atomic E-state index is 0.247. The molecule has 1 aromatic heterocycles. The Labute approximate surface area is 108 Å². The van der Waals surface area contributed by atoms with Gasteiger partial charge < -0.3 is 5.32 Å². The Morgan fingerprint density at radius 3 is 2.79 bits per heavy atom. The first-order chi connectivity index (χ1) is 8.97. The highest BCUT2D eigenvalue weighted by atomic mass is 19.4. The number of nitrogens with zero attached hydrogens (tertiary/aromatic N) is 1. The van der Waals surface area contributed by atoms with Gasteiger partial charge in [-0.15, -0.1) is 0 Å². The summed E-state index contributed by atoms with van der Waals surface area (Å²) in [6, 6.07) is 0.713. The number of H-pyrrole nitrogens is 1. The zero-order chi connectivity index (χ0) is 13.9. The second-order valence-corrected chi connectivity index (χ2v) is 4.46. The van der Waals surface area contributed by atoms with E-state index in [4.69, 9.17) is 0 Å². The smallest absolute Gasteiger partial charge is 0.347 e. The molecule has 2 N–H and O–H groups in total. The molecule has 0 aromatic carbocycles. The molecule has 4 nitrogen and oxygen atoms in total. The second-order valence-electron chi connectivity index (χ2n) is 4.46. The fourth-order valence-electron chi connectivity index (χ4n) is 1.93. The number of halogens is 3. The molecule has 0 atom stereocenters. The molecular weight excluding hydrogens is 259 g/mol. The van der Waals surface area contributed by atoms with E-state index in [0.29, 0.717) is 12.6 Å². The first-order valence-corrected chi connectivity index (χ1v) is 6.05. The molecule has 0 saturated heterocycles. The molecule has 2 rings (SSSR count). The van der Waals surface area contributed by atoms with Crippen molar-refractivity contribution >= 4 is 5.91 Å². The van der Waals surface area contributed by atoms with Crippen LogP contribution < -0.4 is 5.32 Å². The monoisotopic (exact) mass is 273 g/mol. The number of alkyl halides is 3. The fourth-order valence-corrected chi connectivity index (χ4v) is 1.93. The third-order valence-electron chi connectivity index (χ3n) is 2.98. The van der Waals surface area contributed by atoms with Crippen molar-refractivity contribution in [2.45, 2.75) is 31.9 Å². The largest absolute Gasteiger partial charge is 0.432 e. The normalized spacial score (nSPS) is 16.1. The van der Waals surface area contributed by atoms with Crippen LogP contribution in [-0.2, 0) is 6.18 Å². The molecule has 0 radical (unpaired) electrons. The van der Waals surface area contributed by atoms with Crippen LogP contribution in [0.1, 0.15) is 41.9 Å². The predicted octanol–water partition coefficient (Wildman–Crippen LogP) is 2.66. The minimum Gasteiger partial charge on any atom is -0.347 e. The van der Waals surface area contributed by atoms with Gasteiger partial charge in [-0.25, -0.2) is 0 Å². The van der Waals surface area contributed by atoms with Crippen LogP contribution >= 0.6 is 0 Å². The Hall–Kier alpha value is -1.79. The summed E-state index contributed by atoms with van der Waals surface area (Å²) < 4.78 is 37.0. The van der Waals surface area contributed by atoms with Gasteiger partial charge in [-0.1, -0.05) is 11.6 Å². The van der Waals surface area contributed by atoms with Gasteiger partial charge in [-0.3, -0.25) is 9.89 Å². The van der Waals surface area contributed by atoms with E-state index < -0.39 is 17.8 Å². The average Bonchev–Trinajstić information content (AvgIpc) is 2.87. The van der Waals surface area contributed by atoms with Crippen LogP contribution in [-0.4, -0.2) is 22.6 Å². The number of nitrogens with one attached hydrogen (secondary N) is 2. The number of carbonyl (C=O) groups is 1. The molecular formula is C12H14F3N3O. The van der Waals surface area contributed by atoms with E-state index in [1.165, 1.54) is 0 Å². The maximum absolute atomic E-state index is 12.3. The zero-order valence-electron chi connectivity index (χ0n) is 10.2. The first kappa shape index (κ1) is 13.6. The molecule has 0 saturated carbocycles. The third kappa shape index (κ3) is 3.59. The van der Waals surface area contributed by atoms with Gasteiger partial charge in [-0.05, 0) is 25.7 Å². The van der Waals surface area contributed by atoms with Crippen molar-refractivity contribution in [3.05, 3.63) is 29.1 Å². The number of rotatable bonds is 3. The second kappa shape index (κ2) is 5.46. The van der Waals surface area contributed by atoms with Crippen molar-refractivity contribution in [3.63, 3.8) is 0 Å². The molecule has 1 aromatic rings. The van der Waals surface area contributed by atoms with Gasteiger partial charge in [0.2, 0.25) is 0 Å². The molecule has 1 aliphatic rings. The van der Waals surface area contributed by atoms with E-state index in [0.717, 1.165) is 31.3 Å². The number of aromatic amines is 1. The zero-order valence-corrected chi connectivity index (χ0v) is 10.2. The fraction of sp³-hybridized carbons (Fsp3) is 0.500. The van der Waals surface area contributed by atoms with Gasteiger partial charge in [0, 0.05) is 12.6 Å². The molecule has 1 aliphatic carbocycles. The maximum Gasteiger partial charge on any atom is 0.432 e. The molecule has 7 heteroatoms. The lowest BCUT2D eigenvalue weighted by Gasteiger charge is -2.12. The summed E-state index contributed by atoms with van der Waals surface area (Å²) in [6.07, 6.45) is 1.70. The summed E-state index contributed by atoms with van der Waals surface area (Å²) in [5.41, 5.74) is -0.149. The van der Waals surface area contributed by atoms with E-state index >= 15 is 0 Å². The highest BCUT2D eigenvalue weighted by molar-refractivity contribution is 5.92. The highest BCUT2D eigenvalue weighted by Crippen LogP contribution is 2.27. The Morgan fingerprint density at radius 2 is 2.21 bits per heavy atom. The van der Waals surface area contributed by atoms with Crippen molar-refractivity contribution in [1.82, 2.24) is 15.5 Å². The minimum atomic E-state index is -4.52. The van der Waals surface area contributed by atoms with Gasteiger partial charge in [0.1, 0.15) is 5.69 Å². The molecule has 1 amide bonds. The molecule has 0 spiro atoms. The van der Waals surface area contributed by atoms with E-state index in [2.05, 4.69) is 16.5 Å². The van der Waals surface area contributed by atoms with Crippen LogP contribution in [0.5, 0.6) is 0 Å². The summed E-state index contributed by atoms with van der Waals surface area (Å²) in [4.78, 5) is 11.6. The molecule has 19 heavy (non-hydrogen) atoms. The molecule has 1 heterocycles. The predicted molar refractivity (Wildman–Crippen MR) is 62.5 cm³/mol. The van der Waals surface area contributed by atoms with Gasteiger partial charge in [0.15, 0.2) is 5.69 Å². The summed E-state index contributed by atoms with van der Waals surface area (Å²) in [5.74, 6) is -0.599. The molecule has 0 fully saturated rings.